The van der Waals surface area contributed by atoms with Crippen LogP contribution in [0, 0.1) is 0 Å². The van der Waals surface area contributed by atoms with Gasteiger partial charge in [-0.3, -0.25) is 9.59 Å². The molecule has 0 saturated carbocycles. The zero-order valence-corrected chi connectivity index (χ0v) is 12.8. The van der Waals surface area contributed by atoms with E-state index in [-0.39, 0.29) is 23.2 Å². The summed E-state index contributed by atoms with van der Waals surface area (Å²) in [5.74, 6) is 0.419. The lowest BCUT2D eigenvalue weighted by Crippen LogP contribution is -2.15. The highest BCUT2D eigenvalue weighted by molar-refractivity contribution is 8.00. The summed E-state index contributed by atoms with van der Waals surface area (Å²) in [5.41, 5.74) is 1.36. The largest absolute Gasteiger partial charge is 0.325 e. The lowest BCUT2D eigenvalue weighted by molar-refractivity contribution is -0.113. The van der Waals surface area contributed by atoms with E-state index >= 15 is 0 Å². The Morgan fingerprint density at radius 2 is 1.62 bits per heavy atom. The number of thioether (sulfide) groups is 1. The van der Waals surface area contributed by atoms with Crippen molar-refractivity contribution in [1.29, 1.82) is 0 Å². The molecule has 2 aromatic rings. The maximum absolute atomic E-state index is 11.9. The van der Waals surface area contributed by atoms with Gasteiger partial charge in [0.1, 0.15) is 0 Å². The Hall–Kier alpha value is -1.78. The van der Waals surface area contributed by atoms with Gasteiger partial charge in [0.25, 0.3) is 0 Å². The van der Waals surface area contributed by atoms with Crippen LogP contribution >= 0.6 is 23.4 Å². The number of hydrogen-bond acceptors (Lipinski definition) is 3. The van der Waals surface area contributed by atoms with Crippen molar-refractivity contribution >= 4 is 40.7 Å². The molecule has 0 bridgehead atoms. The van der Waals surface area contributed by atoms with E-state index in [2.05, 4.69) is 5.32 Å². The Kier molecular flexibility index (Phi) is 5.84. The third-order valence-corrected chi connectivity index (χ3v) is 3.87. The third kappa shape index (κ3) is 5.25. The lowest BCUT2D eigenvalue weighted by Gasteiger charge is -2.05. The molecule has 0 unspecified atom stereocenters. The molecule has 0 aliphatic rings. The van der Waals surface area contributed by atoms with Gasteiger partial charge in [0.05, 0.1) is 11.5 Å². The average Bonchev–Trinajstić information content (AvgIpc) is 2.50. The molecule has 5 heteroatoms. The molecule has 0 atom stereocenters. The number of nitrogens with one attached hydrogen (secondary N) is 1. The molecule has 1 amide bonds. The van der Waals surface area contributed by atoms with Crippen LogP contribution in [0.2, 0.25) is 5.02 Å². The van der Waals surface area contributed by atoms with Crippen molar-refractivity contribution in [2.45, 2.75) is 0 Å². The van der Waals surface area contributed by atoms with Gasteiger partial charge in [0.15, 0.2) is 5.78 Å². The van der Waals surface area contributed by atoms with E-state index < -0.39 is 0 Å². The number of benzene rings is 2. The van der Waals surface area contributed by atoms with Gasteiger partial charge in [-0.05, 0) is 24.3 Å². The van der Waals surface area contributed by atoms with Crippen molar-refractivity contribution in [1.82, 2.24) is 0 Å². The van der Waals surface area contributed by atoms with Gasteiger partial charge < -0.3 is 5.32 Å². The molecule has 2 rings (SSSR count). The van der Waals surface area contributed by atoms with E-state index in [0.29, 0.717) is 16.3 Å². The summed E-state index contributed by atoms with van der Waals surface area (Å²) in [6.45, 7) is 0. The normalized spacial score (nSPS) is 10.1. The first-order valence-corrected chi connectivity index (χ1v) is 7.90. The lowest BCUT2D eigenvalue weighted by atomic mass is 10.2. The van der Waals surface area contributed by atoms with Crippen molar-refractivity contribution in [3.63, 3.8) is 0 Å². The van der Waals surface area contributed by atoms with Crippen LogP contribution < -0.4 is 5.32 Å². The Balaban J connectivity index is 1.74. The highest BCUT2D eigenvalue weighted by Crippen LogP contribution is 2.14. The summed E-state index contributed by atoms with van der Waals surface area (Å²) in [6, 6.07) is 16.0. The second-order valence-electron chi connectivity index (χ2n) is 4.34. The number of amides is 1. The minimum absolute atomic E-state index is 0.0277. The summed E-state index contributed by atoms with van der Waals surface area (Å²) >= 11 is 7.07. The summed E-state index contributed by atoms with van der Waals surface area (Å²) in [7, 11) is 0. The SMILES string of the molecule is O=C(CSCC(=O)c1ccccc1)Nc1ccc(Cl)cc1. The Labute approximate surface area is 132 Å². The number of Topliss-reactive ketones (excluding diaryl/α,β-unsaturated/α-hetero) is 1. The fraction of sp³-hybridized carbons (Fsp3) is 0.125. The number of hydrogen-bond donors (Lipinski definition) is 1. The predicted molar refractivity (Wildman–Crippen MR) is 88.2 cm³/mol. The van der Waals surface area contributed by atoms with Crippen LogP contribution in [0.5, 0.6) is 0 Å². The molecule has 0 fully saturated rings. The second-order valence-corrected chi connectivity index (χ2v) is 5.76. The van der Waals surface area contributed by atoms with Gasteiger partial charge in [-0.25, -0.2) is 0 Å². The molecular formula is C16H14ClNO2S. The number of halogens is 1. The fourth-order valence-corrected chi connectivity index (χ4v) is 2.51. The zero-order valence-electron chi connectivity index (χ0n) is 11.2. The summed E-state index contributed by atoms with van der Waals surface area (Å²) < 4.78 is 0. The molecule has 0 aliphatic carbocycles. The number of carbonyl (C=O) groups excluding carboxylic acids is 2. The summed E-state index contributed by atoms with van der Waals surface area (Å²) in [6.07, 6.45) is 0. The Morgan fingerprint density at radius 1 is 0.952 bits per heavy atom. The van der Waals surface area contributed by atoms with Crippen LogP contribution in [0.4, 0.5) is 5.69 Å². The van der Waals surface area contributed by atoms with E-state index in [0.717, 1.165) is 0 Å². The van der Waals surface area contributed by atoms with Gasteiger partial charge in [0, 0.05) is 16.3 Å². The van der Waals surface area contributed by atoms with E-state index in [4.69, 9.17) is 11.6 Å². The standard InChI is InChI=1S/C16H14ClNO2S/c17-13-6-8-14(9-7-13)18-16(20)11-21-10-15(19)12-4-2-1-3-5-12/h1-9H,10-11H2,(H,18,20). The number of rotatable bonds is 6. The van der Waals surface area contributed by atoms with Gasteiger partial charge in [0.2, 0.25) is 5.91 Å². The van der Waals surface area contributed by atoms with Gasteiger partial charge in [-0.1, -0.05) is 41.9 Å². The zero-order chi connectivity index (χ0) is 15.1. The molecule has 0 spiro atoms. The Morgan fingerprint density at radius 3 is 2.29 bits per heavy atom. The molecule has 0 radical (unpaired) electrons. The molecule has 1 N–H and O–H groups in total. The predicted octanol–water partition coefficient (Wildman–Crippen LogP) is 3.89. The third-order valence-electron chi connectivity index (χ3n) is 2.69. The first kappa shape index (κ1) is 15.6. The topological polar surface area (TPSA) is 46.2 Å². The smallest absolute Gasteiger partial charge is 0.234 e. The van der Waals surface area contributed by atoms with Gasteiger partial charge >= 0.3 is 0 Å². The van der Waals surface area contributed by atoms with Crippen LogP contribution in [0.25, 0.3) is 0 Å². The van der Waals surface area contributed by atoms with Gasteiger partial charge in [-0.2, -0.15) is 0 Å². The molecule has 108 valence electrons. The quantitative estimate of drug-likeness (QED) is 0.821. The van der Waals surface area contributed by atoms with Gasteiger partial charge in [-0.15, -0.1) is 11.8 Å². The highest BCUT2D eigenvalue weighted by atomic mass is 35.5. The van der Waals surface area contributed by atoms with Crippen molar-refractivity contribution in [2.75, 3.05) is 16.8 Å². The first-order chi connectivity index (χ1) is 10.1. The maximum atomic E-state index is 11.9. The minimum atomic E-state index is -0.136. The number of anilines is 1. The van der Waals surface area contributed by atoms with Crippen molar-refractivity contribution in [3.8, 4) is 0 Å². The average molecular weight is 320 g/mol. The van der Waals surface area contributed by atoms with Crippen molar-refractivity contribution in [3.05, 3.63) is 65.2 Å². The molecule has 0 heterocycles. The molecule has 3 nitrogen and oxygen atoms in total. The summed E-state index contributed by atoms with van der Waals surface area (Å²) in [4.78, 5) is 23.6. The van der Waals surface area contributed by atoms with E-state index in [1.807, 2.05) is 18.2 Å². The summed E-state index contributed by atoms with van der Waals surface area (Å²) in [5, 5.41) is 3.37. The number of ketones is 1. The molecule has 0 saturated heterocycles. The first-order valence-electron chi connectivity index (χ1n) is 6.36. The minimum Gasteiger partial charge on any atom is -0.325 e. The van der Waals surface area contributed by atoms with Crippen LogP contribution in [-0.4, -0.2) is 23.2 Å². The second kappa shape index (κ2) is 7.86. The molecule has 21 heavy (non-hydrogen) atoms. The van der Waals surface area contributed by atoms with Crippen LogP contribution in [0.15, 0.2) is 54.6 Å². The molecule has 0 aromatic heterocycles. The molecule has 0 aliphatic heterocycles. The Bertz CT molecular complexity index is 614. The maximum Gasteiger partial charge on any atom is 0.234 e. The monoisotopic (exact) mass is 319 g/mol. The van der Waals surface area contributed by atoms with Crippen molar-refractivity contribution in [2.24, 2.45) is 0 Å². The van der Waals surface area contributed by atoms with Crippen LogP contribution in [-0.2, 0) is 4.79 Å². The highest BCUT2D eigenvalue weighted by Gasteiger charge is 2.07. The van der Waals surface area contributed by atoms with E-state index in [1.165, 1.54) is 11.8 Å². The molecular weight excluding hydrogens is 306 g/mol. The molecule has 2 aromatic carbocycles. The van der Waals surface area contributed by atoms with Crippen LogP contribution in [0.1, 0.15) is 10.4 Å². The number of carbonyl (C=O) groups is 2. The van der Waals surface area contributed by atoms with E-state index in [1.54, 1.807) is 36.4 Å². The van der Waals surface area contributed by atoms with Crippen molar-refractivity contribution < 1.29 is 9.59 Å². The van der Waals surface area contributed by atoms with Crippen LogP contribution in [0.3, 0.4) is 0 Å². The van der Waals surface area contributed by atoms with E-state index in [9.17, 15) is 9.59 Å². The fourth-order valence-electron chi connectivity index (χ4n) is 1.67.